The van der Waals surface area contributed by atoms with Crippen LogP contribution < -0.4 is 21.1 Å². The fourth-order valence-corrected chi connectivity index (χ4v) is 6.25. The van der Waals surface area contributed by atoms with E-state index < -0.39 is 23.3 Å². The van der Waals surface area contributed by atoms with E-state index in [2.05, 4.69) is 20.8 Å². The smallest absolute Gasteiger partial charge is 0.296 e. The number of thioether (sulfide) groups is 1. The van der Waals surface area contributed by atoms with Gasteiger partial charge in [-0.1, -0.05) is 54.6 Å². The molecule has 1 fully saturated rings. The molecule has 3 aliphatic heterocycles. The van der Waals surface area contributed by atoms with Crippen molar-refractivity contribution in [2.45, 2.75) is 6.92 Å². The highest BCUT2D eigenvalue weighted by atomic mass is 32.2. The molecule has 206 valence electrons. The second-order valence-electron chi connectivity index (χ2n) is 9.69. The van der Waals surface area contributed by atoms with E-state index in [0.717, 1.165) is 11.8 Å². The van der Waals surface area contributed by atoms with Crippen LogP contribution in [-0.2, 0) is 21.4 Å². The molecule has 0 saturated carbocycles. The molecular formula is C30H21N7O4S. The van der Waals surface area contributed by atoms with Gasteiger partial charge in [0.25, 0.3) is 23.3 Å². The summed E-state index contributed by atoms with van der Waals surface area (Å²) in [5.41, 5.74) is 3.28. The molecule has 1 aromatic heterocycles. The highest BCUT2D eigenvalue weighted by Gasteiger charge is 2.43. The van der Waals surface area contributed by atoms with Crippen molar-refractivity contribution in [1.29, 1.82) is 0 Å². The number of rotatable bonds is 3. The molecule has 12 heteroatoms. The zero-order valence-corrected chi connectivity index (χ0v) is 23.1. The van der Waals surface area contributed by atoms with Crippen LogP contribution in [0.15, 0.2) is 98.8 Å². The number of amidine groups is 1. The first-order chi connectivity index (χ1) is 20.3. The molecule has 2 N–H and O–H groups in total. The van der Waals surface area contributed by atoms with Crippen LogP contribution in [0.3, 0.4) is 0 Å². The summed E-state index contributed by atoms with van der Waals surface area (Å²) < 4.78 is 3.10. The Labute approximate surface area is 242 Å². The van der Waals surface area contributed by atoms with Crippen LogP contribution in [0.2, 0.25) is 0 Å². The molecule has 0 atom stereocenters. The fraction of sp³-hybridized carbons (Fsp3) is 0.0667. The predicted molar refractivity (Wildman–Crippen MR) is 162 cm³/mol. The largest absolute Gasteiger partial charge is 0.321 e. The number of amides is 3. The Balaban J connectivity index is 1.43. The molecule has 4 heterocycles. The van der Waals surface area contributed by atoms with Gasteiger partial charge in [-0.15, -0.1) is 10.2 Å². The van der Waals surface area contributed by atoms with Gasteiger partial charge in [0.2, 0.25) is 5.17 Å². The normalized spacial score (nSPS) is 19.5. The summed E-state index contributed by atoms with van der Waals surface area (Å²) in [6.45, 7) is 1.72. The molecule has 7 rings (SSSR count). The summed E-state index contributed by atoms with van der Waals surface area (Å²) in [6.07, 6.45) is 0. The third-order valence-electron chi connectivity index (χ3n) is 7.31. The average molecular weight is 576 g/mol. The standard InChI is InChI=1S/C30H21N7O4S/c1-16-24(28(40)37(35(16)2)17-10-4-3-5-11-17)36-29(41)25(22-18-12-6-8-14-20(18)31-26(22)38)42-30(36)34-33-23-19-13-7-9-15-21(19)32-27(23)39/h3-15H,1-2H3,(H,31,38)(H,32,33,39)/b25-22-,34-30?. The number of benzene rings is 3. The Kier molecular flexibility index (Phi) is 5.80. The van der Waals surface area contributed by atoms with Crippen molar-refractivity contribution >= 4 is 63.0 Å². The van der Waals surface area contributed by atoms with Gasteiger partial charge in [-0.2, -0.15) is 0 Å². The molecule has 0 radical (unpaired) electrons. The van der Waals surface area contributed by atoms with E-state index in [0.29, 0.717) is 33.9 Å². The van der Waals surface area contributed by atoms with E-state index in [1.165, 1.54) is 9.58 Å². The molecule has 0 unspecified atom stereocenters. The zero-order valence-electron chi connectivity index (χ0n) is 22.3. The number of hydrogen-bond donors (Lipinski definition) is 2. The van der Waals surface area contributed by atoms with Crippen molar-refractivity contribution in [2.24, 2.45) is 17.3 Å². The minimum absolute atomic E-state index is 0.0374. The summed E-state index contributed by atoms with van der Waals surface area (Å²) in [5.74, 6) is -1.47. The minimum Gasteiger partial charge on any atom is -0.321 e. The Morgan fingerprint density at radius 3 is 2.10 bits per heavy atom. The average Bonchev–Trinajstić information content (AvgIpc) is 3.66. The molecule has 42 heavy (non-hydrogen) atoms. The van der Waals surface area contributed by atoms with Gasteiger partial charge in [-0.05, 0) is 43.0 Å². The molecule has 1 saturated heterocycles. The first-order valence-electron chi connectivity index (χ1n) is 12.9. The van der Waals surface area contributed by atoms with Crippen molar-refractivity contribution in [3.05, 3.63) is 111 Å². The van der Waals surface area contributed by atoms with Crippen molar-refractivity contribution < 1.29 is 14.4 Å². The summed E-state index contributed by atoms with van der Waals surface area (Å²) >= 11 is 0.930. The van der Waals surface area contributed by atoms with E-state index in [4.69, 9.17) is 0 Å². The van der Waals surface area contributed by atoms with Crippen LogP contribution in [0.4, 0.5) is 17.1 Å². The van der Waals surface area contributed by atoms with Crippen molar-refractivity contribution in [3.63, 3.8) is 0 Å². The lowest BCUT2D eigenvalue weighted by atomic mass is 10.1. The van der Waals surface area contributed by atoms with Crippen LogP contribution in [-0.4, -0.2) is 38.0 Å². The molecule has 3 amide bonds. The summed E-state index contributed by atoms with van der Waals surface area (Å²) in [5, 5.41) is 14.2. The third kappa shape index (κ3) is 3.76. The van der Waals surface area contributed by atoms with Crippen molar-refractivity contribution in [3.8, 4) is 5.69 Å². The Bertz CT molecular complexity index is 2020. The molecule has 11 nitrogen and oxygen atoms in total. The van der Waals surface area contributed by atoms with Gasteiger partial charge in [0.1, 0.15) is 5.69 Å². The number of aromatic nitrogens is 2. The number of fused-ring (bicyclic) bond motifs is 2. The topological polar surface area (TPSA) is 130 Å². The third-order valence-corrected chi connectivity index (χ3v) is 8.34. The number of carbonyl (C=O) groups is 3. The van der Waals surface area contributed by atoms with E-state index in [1.54, 1.807) is 79.3 Å². The molecule has 0 bridgehead atoms. The van der Waals surface area contributed by atoms with Gasteiger partial charge in [-0.3, -0.25) is 23.9 Å². The summed E-state index contributed by atoms with van der Waals surface area (Å²) in [7, 11) is 1.72. The van der Waals surface area contributed by atoms with Gasteiger partial charge in [0.15, 0.2) is 5.71 Å². The predicted octanol–water partition coefficient (Wildman–Crippen LogP) is 3.64. The maximum absolute atomic E-state index is 14.2. The number of para-hydroxylation sites is 3. The second-order valence-corrected chi connectivity index (χ2v) is 10.7. The number of hydrogen-bond acceptors (Lipinski definition) is 7. The van der Waals surface area contributed by atoms with Crippen LogP contribution in [0, 0.1) is 6.92 Å². The zero-order chi connectivity index (χ0) is 29.1. The van der Waals surface area contributed by atoms with E-state index >= 15 is 0 Å². The molecule has 3 aromatic carbocycles. The quantitative estimate of drug-likeness (QED) is 0.285. The Hall–Kier alpha value is -5.49. The fourth-order valence-electron chi connectivity index (χ4n) is 5.24. The van der Waals surface area contributed by atoms with E-state index in [-0.39, 0.29) is 27.0 Å². The summed E-state index contributed by atoms with van der Waals surface area (Å²) in [6, 6.07) is 23.2. The lowest BCUT2D eigenvalue weighted by molar-refractivity contribution is -0.114. The number of nitrogens with zero attached hydrogens (tertiary/aromatic N) is 5. The Morgan fingerprint density at radius 1 is 0.738 bits per heavy atom. The number of anilines is 3. The molecule has 0 aliphatic carbocycles. The van der Waals surface area contributed by atoms with Crippen LogP contribution in [0.5, 0.6) is 0 Å². The lowest BCUT2D eigenvalue weighted by Crippen LogP contribution is -2.34. The van der Waals surface area contributed by atoms with Gasteiger partial charge in [0, 0.05) is 23.9 Å². The van der Waals surface area contributed by atoms with Gasteiger partial charge in [-0.25, -0.2) is 9.58 Å². The van der Waals surface area contributed by atoms with Gasteiger partial charge in [0.05, 0.1) is 27.5 Å². The van der Waals surface area contributed by atoms with E-state index in [9.17, 15) is 19.2 Å². The highest BCUT2D eigenvalue weighted by molar-refractivity contribution is 8.19. The lowest BCUT2D eigenvalue weighted by Gasteiger charge is -2.13. The van der Waals surface area contributed by atoms with E-state index in [1.807, 2.05) is 18.2 Å². The summed E-state index contributed by atoms with van der Waals surface area (Å²) in [4.78, 5) is 55.2. The van der Waals surface area contributed by atoms with Crippen LogP contribution in [0.25, 0.3) is 11.3 Å². The molecule has 3 aliphatic rings. The minimum atomic E-state index is -0.594. The highest BCUT2D eigenvalue weighted by Crippen LogP contribution is 2.43. The number of nitrogens with one attached hydrogen (secondary N) is 2. The SMILES string of the molecule is Cc1c(N2C(=O)/C(=C3/C(=O)Nc4ccccc43)SC2=NN=C2C(=O)Nc3ccccc32)c(=O)n(-c2ccccc2)n1C. The maximum Gasteiger partial charge on any atom is 0.296 e. The monoisotopic (exact) mass is 575 g/mol. The first-order valence-corrected chi connectivity index (χ1v) is 13.7. The molecule has 0 spiro atoms. The van der Waals surface area contributed by atoms with Crippen LogP contribution in [0.1, 0.15) is 16.8 Å². The molecule has 4 aromatic rings. The molecular weight excluding hydrogens is 554 g/mol. The Morgan fingerprint density at radius 2 is 1.36 bits per heavy atom. The second kappa shape index (κ2) is 9.56. The first kappa shape index (κ1) is 25.5. The maximum atomic E-state index is 14.2. The van der Waals surface area contributed by atoms with Crippen molar-refractivity contribution in [2.75, 3.05) is 15.5 Å². The van der Waals surface area contributed by atoms with Gasteiger partial charge >= 0.3 is 0 Å². The number of carbonyl (C=O) groups excluding carboxylic acids is 3. The van der Waals surface area contributed by atoms with Crippen LogP contribution >= 0.6 is 11.8 Å². The van der Waals surface area contributed by atoms with Gasteiger partial charge < -0.3 is 10.6 Å². The van der Waals surface area contributed by atoms with Crippen molar-refractivity contribution in [1.82, 2.24) is 9.36 Å².